The smallest absolute Gasteiger partial charge is 0.222 e. The first-order chi connectivity index (χ1) is 8.66. The number of pyridine rings is 1. The first kappa shape index (κ1) is 10.9. The van der Waals surface area contributed by atoms with Crippen LogP contribution in [-0.2, 0) is 7.05 Å². The maximum Gasteiger partial charge on any atom is 0.222 e. The number of tetrazole rings is 1. The molecule has 6 nitrogen and oxygen atoms in total. The average molecular weight is 242 g/mol. The molecule has 0 bridgehead atoms. The van der Waals surface area contributed by atoms with Crippen molar-refractivity contribution < 1.29 is 0 Å². The number of fused-ring (bicyclic) bond motifs is 1. The Balaban J connectivity index is 2.25. The summed E-state index contributed by atoms with van der Waals surface area (Å²) in [5.41, 5.74) is 4.10. The SMILES string of the molecule is CC(C)c1cn(C)c2ccc(-c3nn[nH]n3)nc12. The number of aromatic nitrogens is 6. The zero-order chi connectivity index (χ0) is 12.7. The molecule has 0 fully saturated rings. The summed E-state index contributed by atoms with van der Waals surface area (Å²) in [5.74, 6) is 0.956. The van der Waals surface area contributed by atoms with E-state index in [1.165, 1.54) is 5.56 Å². The summed E-state index contributed by atoms with van der Waals surface area (Å²) in [6.07, 6.45) is 2.13. The van der Waals surface area contributed by atoms with Crippen molar-refractivity contribution in [2.75, 3.05) is 0 Å². The van der Waals surface area contributed by atoms with Gasteiger partial charge in [0.1, 0.15) is 5.69 Å². The number of aromatic amines is 1. The number of hydrogen-bond donors (Lipinski definition) is 1. The van der Waals surface area contributed by atoms with Crippen molar-refractivity contribution in [2.45, 2.75) is 19.8 Å². The summed E-state index contributed by atoms with van der Waals surface area (Å²) in [7, 11) is 2.03. The Hall–Kier alpha value is -2.24. The topological polar surface area (TPSA) is 72.3 Å². The number of rotatable bonds is 2. The van der Waals surface area contributed by atoms with Crippen LogP contribution in [0, 0.1) is 0 Å². The predicted octanol–water partition coefficient (Wildman–Crippen LogP) is 1.88. The molecule has 0 spiro atoms. The molecule has 0 aromatic carbocycles. The first-order valence-corrected chi connectivity index (χ1v) is 5.86. The van der Waals surface area contributed by atoms with Gasteiger partial charge in [0.25, 0.3) is 0 Å². The van der Waals surface area contributed by atoms with Crippen LogP contribution in [0.5, 0.6) is 0 Å². The number of nitrogens with one attached hydrogen (secondary N) is 1. The van der Waals surface area contributed by atoms with Crippen LogP contribution in [0.1, 0.15) is 25.3 Å². The summed E-state index contributed by atoms with van der Waals surface area (Å²) < 4.78 is 2.09. The van der Waals surface area contributed by atoms with Crippen LogP contribution in [0.2, 0.25) is 0 Å². The minimum absolute atomic E-state index is 0.432. The molecular formula is C12H14N6. The molecule has 0 unspecified atom stereocenters. The fourth-order valence-electron chi connectivity index (χ4n) is 2.11. The molecule has 1 N–H and O–H groups in total. The maximum atomic E-state index is 4.65. The van der Waals surface area contributed by atoms with Gasteiger partial charge in [-0.05, 0) is 28.8 Å². The molecule has 0 aliphatic rings. The van der Waals surface area contributed by atoms with Gasteiger partial charge in [-0.1, -0.05) is 13.8 Å². The summed E-state index contributed by atoms with van der Waals surface area (Å²) in [5, 5.41) is 13.9. The molecule has 0 saturated carbocycles. The molecule has 0 aliphatic heterocycles. The van der Waals surface area contributed by atoms with Gasteiger partial charge in [-0.2, -0.15) is 5.21 Å². The van der Waals surface area contributed by atoms with Crippen LogP contribution in [0.4, 0.5) is 0 Å². The molecule has 18 heavy (non-hydrogen) atoms. The second-order valence-corrected chi connectivity index (χ2v) is 4.65. The molecule has 3 heterocycles. The summed E-state index contributed by atoms with van der Waals surface area (Å²) in [4.78, 5) is 4.65. The third-order valence-electron chi connectivity index (χ3n) is 3.06. The van der Waals surface area contributed by atoms with E-state index in [0.29, 0.717) is 11.7 Å². The fraction of sp³-hybridized carbons (Fsp3) is 0.333. The molecule has 6 heteroatoms. The van der Waals surface area contributed by atoms with E-state index in [4.69, 9.17) is 0 Å². The van der Waals surface area contributed by atoms with Crippen molar-refractivity contribution in [2.24, 2.45) is 7.05 Å². The van der Waals surface area contributed by atoms with E-state index in [-0.39, 0.29) is 0 Å². The normalized spacial score (nSPS) is 11.6. The highest BCUT2D eigenvalue weighted by Gasteiger charge is 2.13. The van der Waals surface area contributed by atoms with Crippen LogP contribution in [0.15, 0.2) is 18.3 Å². The number of aryl methyl sites for hydroxylation is 1. The molecule has 3 aromatic rings. The second kappa shape index (κ2) is 3.90. The highest BCUT2D eigenvalue weighted by Crippen LogP contribution is 2.27. The zero-order valence-electron chi connectivity index (χ0n) is 10.5. The lowest BCUT2D eigenvalue weighted by atomic mass is 10.1. The van der Waals surface area contributed by atoms with Gasteiger partial charge in [0, 0.05) is 13.2 Å². The van der Waals surface area contributed by atoms with Crippen molar-refractivity contribution in [1.82, 2.24) is 30.2 Å². The van der Waals surface area contributed by atoms with Gasteiger partial charge in [-0.3, -0.25) is 0 Å². The van der Waals surface area contributed by atoms with Gasteiger partial charge in [0.05, 0.1) is 11.0 Å². The van der Waals surface area contributed by atoms with E-state index >= 15 is 0 Å². The van der Waals surface area contributed by atoms with E-state index < -0.39 is 0 Å². The van der Waals surface area contributed by atoms with Crippen molar-refractivity contribution in [3.05, 3.63) is 23.9 Å². The molecule has 0 amide bonds. The summed E-state index contributed by atoms with van der Waals surface area (Å²) in [6.45, 7) is 4.33. The van der Waals surface area contributed by atoms with Crippen molar-refractivity contribution in [1.29, 1.82) is 0 Å². The van der Waals surface area contributed by atoms with Crippen LogP contribution in [0.3, 0.4) is 0 Å². The number of nitrogens with zero attached hydrogens (tertiary/aromatic N) is 5. The number of H-pyrrole nitrogens is 1. The van der Waals surface area contributed by atoms with E-state index in [1.54, 1.807) is 0 Å². The minimum Gasteiger partial charge on any atom is -0.349 e. The molecule has 3 aromatic heterocycles. The van der Waals surface area contributed by atoms with Gasteiger partial charge in [-0.25, -0.2) is 4.98 Å². The molecule has 0 aliphatic carbocycles. The monoisotopic (exact) mass is 242 g/mol. The number of hydrogen-bond acceptors (Lipinski definition) is 4. The molecule has 0 radical (unpaired) electrons. The van der Waals surface area contributed by atoms with E-state index in [9.17, 15) is 0 Å². The molecule has 92 valence electrons. The zero-order valence-corrected chi connectivity index (χ0v) is 10.5. The van der Waals surface area contributed by atoms with Gasteiger partial charge < -0.3 is 4.57 Å². The van der Waals surface area contributed by atoms with Gasteiger partial charge in [0.15, 0.2) is 0 Å². The molecule has 0 atom stereocenters. The third kappa shape index (κ3) is 1.57. The van der Waals surface area contributed by atoms with Gasteiger partial charge >= 0.3 is 0 Å². The van der Waals surface area contributed by atoms with Gasteiger partial charge in [0.2, 0.25) is 5.82 Å². The Morgan fingerprint density at radius 3 is 2.78 bits per heavy atom. The Labute approximate surface area is 104 Å². The molecular weight excluding hydrogens is 228 g/mol. The lowest BCUT2D eigenvalue weighted by molar-refractivity contribution is 0.855. The Morgan fingerprint density at radius 1 is 1.28 bits per heavy atom. The van der Waals surface area contributed by atoms with Crippen molar-refractivity contribution in [3.8, 4) is 11.5 Å². The lowest BCUT2D eigenvalue weighted by Gasteiger charge is -2.02. The second-order valence-electron chi connectivity index (χ2n) is 4.65. The van der Waals surface area contributed by atoms with Gasteiger partial charge in [-0.15, -0.1) is 10.2 Å². The highest BCUT2D eigenvalue weighted by molar-refractivity contribution is 5.82. The van der Waals surface area contributed by atoms with Crippen LogP contribution >= 0.6 is 0 Å². The van der Waals surface area contributed by atoms with E-state index in [1.807, 2.05) is 19.2 Å². The Morgan fingerprint density at radius 2 is 2.11 bits per heavy atom. The molecule has 0 saturated heterocycles. The summed E-state index contributed by atoms with van der Waals surface area (Å²) >= 11 is 0. The lowest BCUT2D eigenvalue weighted by Crippen LogP contribution is -1.90. The van der Waals surface area contributed by atoms with Crippen molar-refractivity contribution in [3.63, 3.8) is 0 Å². The summed E-state index contributed by atoms with van der Waals surface area (Å²) in [6, 6.07) is 3.96. The average Bonchev–Trinajstić information content (AvgIpc) is 2.97. The minimum atomic E-state index is 0.432. The maximum absolute atomic E-state index is 4.65. The van der Waals surface area contributed by atoms with E-state index in [2.05, 4.69) is 50.2 Å². The highest BCUT2D eigenvalue weighted by atomic mass is 15.5. The van der Waals surface area contributed by atoms with E-state index in [0.717, 1.165) is 16.7 Å². The third-order valence-corrected chi connectivity index (χ3v) is 3.06. The van der Waals surface area contributed by atoms with Crippen LogP contribution < -0.4 is 0 Å². The quantitative estimate of drug-likeness (QED) is 0.744. The van der Waals surface area contributed by atoms with Crippen molar-refractivity contribution >= 4 is 11.0 Å². The van der Waals surface area contributed by atoms with Crippen LogP contribution in [-0.4, -0.2) is 30.2 Å². The fourth-order valence-corrected chi connectivity index (χ4v) is 2.11. The standard InChI is InChI=1S/C12H14N6/c1-7(2)8-6-18(3)10-5-4-9(13-11(8)10)12-14-16-17-15-12/h4-7H,1-3H3,(H,14,15,16,17). The Bertz CT molecular complexity index is 680. The predicted molar refractivity (Wildman–Crippen MR) is 68.0 cm³/mol. The molecule has 3 rings (SSSR count). The first-order valence-electron chi connectivity index (χ1n) is 5.86. The Kier molecular flexibility index (Phi) is 2.36. The van der Waals surface area contributed by atoms with Crippen LogP contribution in [0.25, 0.3) is 22.6 Å². The largest absolute Gasteiger partial charge is 0.349 e.